The van der Waals surface area contributed by atoms with Gasteiger partial charge in [-0.25, -0.2) is 4.68 Å². The molecule has 1 aromatic heterocycles. The number of benzene rings is 2. The van der Waals surface area contributed by atoms with E-state index in [9.17, 15) is 25.0 Å². The Hall–Kier alpha value is -4.50. The van der Waals surface area contributed by atoms with Crippen LogP contribution < -0.4 is 10.1 Å². The predicted molar refractivity (Wildman–Crippen MR) is 107 cm³/mol. The number of nitro groups is 2. The van der Waals surface area contributed by atoms with E-state index in [1.54, 1.807) is 6.07 Å². The number of nitrogens with one attached hydrogen (secondary N) is 1. The van der Waals surface area contributed by atoms with Crippen LogP contribution in [0.15, 0.2) is 48.7 Å². The number of hydrogen-bond donors (Lipinski definition) is 1. The first-order valence-electron chi connectivity index (χ1n) is 8.38. The highest BCUT2D eigenvalue weighted by Gasteiger charge is 2.16. The third kappa shape index (κ3) is 4.92. The summed E-state index contributed by atoms with van der Waals surface area (Å²) < 4.78 is 6.73. The largest absolute Gasteiger partial charge is 0.470 e. The van der Waals surface area contributed by atoms with Gasteiger partial charge in [-0.15, -0.1) is 0 Å². The van der Waals surface area contributed by atoms with Crippen molar-refractivity contribution in [3.05, 3.63) is 85.2 Å². The topological polar surface area (TPSA) is 166 Å². The van der Waals surface area contributed by atoms with Gasteiger partial charge in [0.2, 0.25) is 0 Å². The maximum absolute atomic E-state index is 12.4. The lowest BCUT2D eigenvalue weighted by Crippen LogP contribution is -2.15. The van der Waals surface area contributed by atoms with Crippen molar-refractivity contribution in [3.8, 4) is 11.8 Å². The van der Waals surface area contributed by atoms with Gasteiger partial charge in [-0.1, -0.05) is 11.6 Å². The van der Waals surface area contributed by atoms with Gasteiger partial charge >= 0.3 is 0 Å². The van der Waals surface area contributed by atoms with Crippen LogP contribution in [0.25, 0.3) is 0 Å². The molecule has 3 rings (SSSR count). The van der Waals surface area contributed by atoms with Crippen molar-refractivity contribution in [1.82, 2.24) is 9.78 Å². The molecule has 0 bridgehead atoms. The van der Waals surface area contributed by atoms with Gasteiger partial charge in [-0.3, -0.25) is 25.0 Å². The Morgan fingerprint density at radius 1 is 1.16 bits per heavy atom. The second kappa shape index (κ2) is 8.89. The third-order valence-electron chi connectivity index (χ3n) is 3.93. The number of carbonyl (C=O) groups is 1. The fraction of sp³-hybridized carbons (Fsp3) is 0.0556. The van der Waals surface area contributed by atoms with Crippen LogP contribution in [0.1, 0.15) is 16.1 Å². The summed E-state index contributed by atoms with van der Waals surface area (Å²) in [6, 6.07) is 10.4. The van der Waals surface area contributed by atoms with Crippen LogP contribution in [0, 0.1) is 31.6 Å². The van der Waals surface area contributed by atoms with Crippen LogP contribution in [0.2, 0.25) is 5.02 Å². The minimum Gasteiger partial charge on any atom is -0.470 e. The van der Waals surface area contributed by atoms with Gasteiger partial charge in [0.15, 0.2) is 12.4 Å². The normalized spacial score (nSPS) is 10.2. The number of non-ortho nitro benzene ring substituents is 2. The fourth-order valence-corrected chi connectivity index (χ4v) is 2.67. The zero-order valence-electron chi connectivity index (χ0n) is 15.4. The summed E-state index contributed by atoms with van der Waals surface area (Å²) in [5.41, 5.74) is -0.431. The maximum atomic E-state index is 12.4. The Balaban J connectivity index is 1.67. The Labute approximate surface area is 178 Å². The quantitative estimate of drug-likeness (QED) is 0.428. The van der Waals surface area contributed by atoms with Crippen LogP contribution in [-0.2, 0) is 6.73 Å². The molecule has 0 fully saturated rings. The smallest absolute Gasteiger partial charge is 0.276 e. The van der Waals surface area contributed by atoms with E-state index in [-0.39, 0.29) is 45.8 Å². The summed E-state index contributed by atoms with van der Waals surface area (Å²) in [5, 5.41) is 37.2. The number of carbonyl (C=O) groups excluding carboxylic acids is 1. The zero-order valence-corrected chi connectivity index (χ0v) is 16.1. The number of anilines is 1. The van der Waals surface area contributed by atoms with Crippen molar-refractivity contribution in [1.29, 1.82) is 5.26 Å². The Bertz CT molecular complexity index is 1230. The molecule has 0 aliphatic heterocycles. The molecule has 0 aliphatic rings. The maximum Gasteiger partial charge on any atom is 0.276 e. The van der Waals surface area contributed by atoms with Crippen LogP contribution in [0.5, 0.6) is 5.75 Å². The van der Waals surface area contributed by atoms with E-state index in [4.69, 9.17) is 21.6 Å². The van der Waals surface area contributed by atoms with E-state index in [1.165, 1.54) is 35.1 Å². The number of nitrogens with zero attached hydrogens (tertiary/aromatic N) is 5. The number of ether oxygens (including phenoxy) is 1. The Morgan fingerprint density at radius 3 is 2.48 bits per heavy atom. The molecular weight excluding hydrogens is 432 g/mol. The summed E-state index contributed by atoms with van der Waals surface area (Å²) in [6.45, 7) is -0.133. The molecule has 0 saturated heterocycles. The van der Waals surface area contributed by atoms with Crippen LogP contribution in [0.4, 0.5) is 17.1 Å². The number of amides is 1. The van der Waals surface area contributed by atoms with Gasteiger partial charge in [0.1, 0.15) is 11.8 Å². The average molecular weight is 443 g/mol. The second-order valence-corrected chi connectivity index (χ2v) is 6.35. The molecule has 2 aromatic carbocycles. The van der Waals surface area contributed by atoms with E-state index < -0.39 is 15.8 Å². The van der Waals surface area contributed by atoms with Crippen molar-refractivity contribution >= 4 is 34.6 Å². The molecule has 31 heavy (non-hydrogen) atoms. The Morgan fingerprint density at radius 2 is 1.84 bits per heavy atom. The highest BCUT2D eigenvalue weighted by molar-refractivity contribution is 6.32. The number of halogens is 1. The first-order chi connectivity index (χ1) is 14.8. The summed E-state index contributed by atoms with van der Waals surface area (Å²) >= 11 is 5.95. The number of nitro benzene ring substituents is 2. The van der Waals surface area contributed by atoms with Crippen molar-refractivity contribution in [2.75, 3.05) is 5.32 Å². The van der Waals surface area contributed by atoms with Gasteiger partial charge in [0.05, 0.1) is 26.1 Å². The number of hydrogen-bond acceptors (Lipinski definition) is 8. The van der Waals surface area contributed by atoms with E-state index in [2.05, 4.69) is 10.4 Å². The monoisotopic (exact) mass is 442 g/mol. The summed E-state index contributed by atoms with van der Waals surface area (Å²) in [6.07, 6.45) is 1.45. The molecule has 1 N–H and O–H groups in total. The van der Waals surface area contributed by atoms with Crippen molar-refractivity contribution in [2.24, 2.45) is 0 Å². The molecule has 13 heteroatoms. The minimum absolute atomic E-state index is 0.000592. The Kier molecular flexibility index (Phi) is 6.08. The molecule has 0 saturated carbocycles. The van der Waals surface area contributed by atoms with Crippen molar-refractivity contribution in [3.63, 3.8) is 0 Å². The lowest BCUT2D eigenvalue weighted by molar-refractivity contribution is -0.385. The van der Waals surface area contributed by atoms with Gasteiger partial charge in [0.25, 0.3) is 17.3 Å². The van der Waals surface area contributed by atoms with Gasteiger partial charge < -0.3 is 10.1 Å². The first-order valence-corrected chi connectivity index (χ1v) is 8.76. The third-order valence-corrected chi connectivity index (χ3v) is 4.23. The second-order valence-electron chi connectivity index (χ2n) is 5.94. The highest BCUT2D eigenvalue weighted by Crippen LogP contribution is 2.29. The van der Waals surface area contributed by atoms with Crippen LogP contribution in [0.3, 0.4) is 0 Å². The van der Waals surface area contributed by atoms with E-state index in [0.717, 1.165) is 18.2 Å². The molecular formula is C18H11ClN6O6. The van der Waals surface area contributed by atoms with Crippen LogP contribution >= 0.6 is 11.6 Å². The molecule has 156 valence electrons. The summed E-state index contributed by atoms with van der Waals surface area (Å²) in [4.78, 5) is 32.7. The molecule has 0 radical (unpaired) electrons. The minimum atomic E-state index is -0.648. The van der Waals surface area contributed by atoms with E-state index >= 15 is 0 Å². The summed E-state index contributed by atoms with van der Waals surface area (Å²) in [7, 11) is 0. The molecule has 12 nitrogen and oxygen atoms in total. The highest BCUT2D eigenvalue weighted by atomic mass is 35.5. The molecule has 0 aliphatic carbocycles. The first kappa shape index (κ1) is 21.2. The number of rotatable bonds is 7. The molecule has 1 amide bonds. The van der Waals surface area contributed by atoms with E-state index in [0.29, 0.717) is 0 Å². The standard InChI is InChI=1S/C18H11ClN6O6/c19-14-8-13(25(29)30)2-4-17(14)31-10-23-6-5-16(22-23)18(26)21-15-3-1-12(24(27)28)7-11(15)9-20/h1-8H,10H2,(H,21,26). The van der Waals surface area contributed by atoms with Crippen molar-refractivity contribution in [2.45, 2.75) is 6.73 Å². The van der Waals surface area contributed by atoms with Gasteiger partial charge in [-0.05, 0) is 18.2 Å². The van der Waals surface area contributed by atoms with Crippen molar-refractivity contribution < 1.29 is 19.4 Å². The SMILES string of the molecule is N#Cc1cc([N+](=O)[O-])ccc1NC(=O)c1ccn(COc2ccc([N+](=O)[O-])cc2Cl)n1. The summed E-state index contributed by atoms with van der Waals surface area (Å²) in [5.74, 6) is -0.448. The predicted octanol–water partition coefficient (Wildman–Crippen LogP) is 3.51. The molecule has 0 unspecified atom stereocenters. The molecule has 1 heterocycles. The molecule has 0 atom stereocenters. The average Bonchev–Trinajstić information content (AvgIpc) is 3.22. The van der Waals surface area contributed by atoms with Gasteiger partial charge in [0, 0.05) is 30.5 Å². The van der Waals surface area contributed by atoms with E-state index in [1.807, 2.05) is 0 Å². The fourth-order valence-electron chi connectivity index (χ4n) is 2.44. The lowest BCUT2D eigenvalue weighted by Gasteiger charge is -2.08. The molecule has 0 spiro atoms. The zero-order chi connectivity index (χ0) is 22.5. The number of nitriles is 1. The van der Waals surface area contributed by atoms with Gasteiger partial charge in [-0.2, -0.15) is 10.4 Å². The molecule has 3 aromatic rings. The van der Waals surface area contributed by atoms with Crippen LogP contribution in [-0.4, -0.2) is 25.5 Å². The lowest BCUT2D eigenvalue weighted by atomic mass is 10.1. The number of aromatic nitrogens is 2.